The van der Waals surface area contributed by atoms with Crippen LogP contribution in [0, 0.1) is 12.7 Å². The first kappa shape index (κ1) is 12.3. The van der Waals surface area contributed by atoms with Gasteiger partial charge in [-0.2, -0.15) is 9.78 Å². The van der Waals surface area contributed by atoms with Gasteiger partial charge < -0.3 is 5.32 Å². The second kappa shape index (κ2) is 4.77. The van der Waals surface area contributed by atoms with Gasteiger partial charge in [-0.1, -0.05) is 18.2 Å². The summed E-state index contributed by atoms with van der Waals surface area (Å²) in [5, 5.41) is 7.85. The molecule has 1 heterocycles. The fourth-order valence-electron chi connectivity index (χ4n) is 2.09. The number of carbonyl (C=O) groups is 1. The second-order valence-electron chi connectivity index (χ2n) is 4.45. The van der Waals surface area contributed by atoms with Gasteiger partial charge in [-0.05, 0) is 37.3 Å². The number of hydrogen-bond donors (Lipinski definition) is 1. The molecule has 0 bridgehead atoms. The summed E-state index contributed by atoms with van der Waals surface area (Å²) >= 11 is 0. The van der Waals surface area contributed by atoms with E-state index < -0.39 is 0 Å². The largest absolute Gasteiger partial charge is 0.347 e. The predicted octanol–water partition coefficient (Wildman–Crippen LogP) is 3.56. The van der Waals surface area contributed by atoms with Crippen LogP contribution in [0.2, 0.25) is 0 Å². The van der Waals surface area contributed by atoms with Crippen LogP contribution in [-0.2, 0) is 0 Å². The first-order valence-corrected chi connectivity index (χ1v) is 6.16. The number of hydrogen-bond acceptors (Lipinski definition) is 2. The van der Waals surface area contributed by atoms with E-state index in [4.69, 9.17) is 0 Å². The summed E-state index contributed by atoms with van der Waals surface area (Å²) in [5.41, 5.74) is 2.05. The molecule has 0 unspecified atom stereocenters. The zero-order chi connectivity index (χ0) is 14.1. The number of aryl methyl sites for hydroxylation is 1. The lowest BCUT2D eigenvalue weighted by Gasteiger charge is -2.05. The summed E-state index contributed by atoms with van der Waals surface area (Å²) in [6.45, 7) is 1.85. The normalized spacial score (nSPS) is 10.7. The van der Waals surface area contributed by atoms with Crippen LogP contribution < -0.4 is 5.32 Å². The van der Waals surface area contributed by atoms with Crippen molar-refractivity contribution in [2.75, 3.05) is 5.32 Å². The molecule has 0 fully saturated rings. The van der Waals surface area contributed by atoms with Crippen molar-refractivity contribution in [2.45, 2.75) is 6.92 Å². The summed E-state index contributed by atoms with van der Waals surface area (Å²) in [4.78, 5) is 12.2. The number of fused-ring (bicyclic) bond motifs is 1. The number of carbonyl (C=O) groups excluding carboxylic acids is 1. The Morgan fingerprint density at radius 1 is 1.15 bits per heavy atom. The lowest BCUT2D eigenvalue weighted by atomic mass is 10.2. The summed E-state index contributed by atoms with van der Waals surface area (Å²) < 4.78 is 14.1. The van der Waals surface area contributed by atoms with Gasteiger partial charge >= 0.3 is 6.03 Å². The van der Waals surface area contributed by atoms with Crippen molar-refractivity contribution < 1.29 is 9.18 Å². The Kier molecular flexibility index (Phi) is 2.95. The molecular formula is C15H12FN3O. The number of nitrogens with zero attached hydrogens (tertiary/aromatic N) is 2. The molecule has 0 saturated heterocycles. The molecule has 0 atom stereocenters. The average Bonchev–Trinajstić information content (AvgIpc) is 2.79. The number of anilines is 1. The molecule has 0 aliphatic rings. The Balaban J connectivity index is 1.95. The minimum Gasteiger partial charge on any atom is -0.306 e. The van der Waals surface area contributed by atoms with Crippen molar-refractivity contribution in [2.24, 2.45) is 0 Å². The van der Waals surface area contributed by atoms with Crippen molar-refractivity contribution >= 4 is 22.6 Å². The summed E-state index contributed by atoms with van der Waals surface area (Å²) in [6, 6.07) is 12.7. The molecule has 0 saturated carbocycles. The number of aromatic nitrogens is 2. The number of rotatable bonds is 1. The smallest absolute Gasteiger partial charge is 0.306 e. The fraction of sp³-hybridized carbons (Fsp3) is 0.0667. The number of benzene rings is 2. The lowest BCUT2D eigenvalue weighted by Crippen LogP contribution is -2.20. The van der Waals surface area contributed by atoms with Gasteiger partial charge in [-0.3, -0.25) is 0 Å². The Labute approximate surface area is 114 Å². The van der Waals surface area contributed by atoms with E-state index in [0.29, 0.717) is 5.69 Å². The third kappa shape index (κ3) is 2.14. The Morgan fingerprint density at radius 2 is 1.85 bits per heavy atom. The molecule has 100 valence electrons. The molecule has 0 aliphatic heterocycles. The van der Waals surface area contributed by atoms with Gasteiger partial charge in [0.15, 0.2) is 0 Å². The van der Waals surface area contributed by atoms with E-state index in [9.17, 15) is 9.18 Å². The van der Waals surface area contributed by atoms with E-state index in [2.05, 4.69) is 10.4 Å². The van der Waals surface area contributed by atoms with Crippen molar-refractivity contribution in [1.29, 1.82) is 0 Å². The molecule has 4 nitrogen and oxygen atoms in total. The number of para-hydroxylation sites is 1. The Hall–Kier alpha value is -2.69. The van der Waals surface area contributed by atoms with Gasteiger partial charge in [0.05, 0.1) is 11.2 Å². The van der Waals surface area contributed by atoms with Crippen LogP contribution in [-0.4, -0.2) is 15.8 Å². The predicted molar refractivity (Wildman–Crippen MR) is 75.3 cm³/mol. The SMILES string of the molecule is Cc1nn(C(=O)Nc2ccc(F)cc2)c2ccccc12. The zero-order valence-electron chi connectivity index (χ0n) is 10.8. The van der Waals surface area contributed by atoms with Crippen molar-refractivity contribution in [3.63, 3.8) is 0 Å². The molecule has 0 radical (unpaired) electrons. The molecule has 2 aromatic carbocycles. The first-order valence-electron chi connectivity index (χ1n) is 6.16. The quantitative estimate of drug-likeness (QED) is 0.734. The maximum Gasteiger partial charge on any atom is 0.347 e. The molecule has 1 N–H and O–H groups in total. The third-order valence-electron chi connectivity index (χ3n) is 3.06. The number of nitrogens with one attached hydrogen (secondary N) is 1. The maximum atomic E-state index is 12.8. The highest BCUT2D eigenvalue weighted by Gasteiger charge is 2.12. The minimum absolute atomic E-state index is 0.344. The number of halogens is 1. The average molecular weight is 269 g/mol. The molecule has 0 spiro atoms. The van der Waals surface area contributed by atoms with Crippen LogP contribution in [0.25, 0.3) is 10.9 Å². The molecule has 1 aromatic heterocycles. The van der Waals surface area contributed by atoms with Gasteiger partial charge in [0.25, 0.3) is 0 Å². The van der Waals surface area contributed by atoms with Crippen LogP contribution in [0.4, 0.5) is 14.9 Å². The maximum absolute atomic E-state index is 12.8. The minimum atomic E-state index is -0.374. The number of amides is 1. The molecule has 0 aliphatic carbocycles. The fourth-order valence-corrected chi connectivity index (χ4v) is 2.09. The van der Waals surface area contributed by atoms with E-state index >= 15 is 0 Å². The molecule has 20 heavy (non-hydrogen) atoms. The zero-order valence-corrected chi connectivity index (χ0v) is 10.8. The Morgan fingerprint density at radius 3 is 2.60 bits per heavy atom. The van der Waals surface area contributed by atoms with Crippen molar-refractivity contribution in [3.8, 4) is 0 Å². The molecule has 1 amide bonds. The van der Waals surface area contributed by atoms with Crippen LogP contribution in [0.5, 0.6) is 0 Å². The molecule has 3 rings (SSSR count). The molecule has 3 aromatic rings. The highest BCUT2D eigenvalue weighted by molar-refractivity contribution is 5.97. The van der Waals surface area contributed by atoms with Crippen LogP contribution in [0.3, 0.4) is 0 Å². The van der Waals surface area contributed by atoms with Crippen molar-refractivity contribution in [3.05, 3.63) is 60.0 Å². The third-order valence-corrected chi connectivity index (χ3v) is 3.06. The monoisotopic (exact) mass is 269 g/mol. The van der Waals surface area contributed by atoms with Crippen molar-refractivity contribution in [1.82, 2.24) is 9.78 Å². The van der Waals surface area contributed by atoms with Gasteiger partial charge in [-0.25, -0.2) is 9.18 Å². The first-order chi connectivity index (χ1) is 9.65. The van der Waals surface area contributed by atoms with Crippen LogP contribution in [0.15, 0.2) is 48.5 Å². The van der Waals surface area contributed by atoms with Crippen LogP contribution in [0.1, 0.15) is 5.69 Å². The highest BCUT2D eigenvalue weighted by Crippen LogP contribution is 2.18. The van der Waals surface area contributed by atoms with E-state index in [0.717, 1.165) is 16.6 Å². The van der Waals surface area contributed by atoms with Crippen LogP contribution >= 0.6 is 0 Å². The van der Waals surface area contributed by atoms with E-state index in [1.165, 1.54) is 28.9 Å². The second-order valence-corrected chi connectivity index (χ2v) is 4.45. The van der Waals surface area contributed by atoms with Gasteiger partial charge in [0, 0.05) is 11.1 Å². The summed E-state index contributed by atoms with van der Waals surface area (Å²) in [6.07, 6.45) is 0. The van der Waals surface area contributed by atoms with E-state index in [1.807, 2.05) is 31.2 Å². The Bertz CT molecular complexity index is 777. The van der Waals surface area contributed by atoms with Gasteiger partial charge in [-0.15, -0.1) is 0 Å². The molecular weight excluding hydrogens is 257 g/mol. The van der Waals surface area contributed by atoms with E-state index in [1.54, 1.807) is 0 Å². The summed E-state index contributed by atoms with van der Waals surface area (Å²) in [7, 11) is 0. The van der Waals surface area contributed by atoms with E-state index in [-0.39, 0.29) is 11.8 Å². The standard InChI is InChI=1S/C15H12FN3O/c1-10-13-4-2-3-5-14(13)19(18-10)15(20)17-12-8-6-11(16)7-9-12/h2-9H,1H3,(H,17,20). The topological polar surface area (TPSA) is 46.9 Å². The van der Waals surface area contributed by atoms with Gasteiger partial charge in [0.2, 0.25) is 0 Å². The lowest BCUT2D eigenvalue weighted by molar-refractivity contribution is 0.251. The summed E-state index contributed by atoms with van der Waals surface area (Å²) in [5.74, 6) is -0.344. The van der Waals surface area contributed by atoms with Gasteiger partial charge in [0.1, 0.15) is 5.82 Å². The molecule has 5 heteroatoms. The highest BCUT2D eigenvalue weighted by atomic mass is 19.1.